The van der Waals surface area contributed by atoms with Gasteiger partial charge in [-0.25, -0.2) is 9.59 Å². The monoisotopic (exact) mass is 328 g/mol. The Morgan fingerprint density at radius 2 is 1.57 bits per heavy atom. The van der Waals surface area contributed by atoms with Crippen LogP contribution in [-0.2, 0) is 24.2 Å². The summed E-state index contributed by atoms with van der Waals surface area (Å²) in [6.45, 7) is 12.1. The Hall–Kier alpha value is -1.60. The van der Waals surface area contributed by atoms with Crippen LogP contribution in [0.25, 0.3) is 0 Å². The molecule has 0 aliphatic carbocycles. The Morgan fingerprint density at radius 1 is 1.09 bits per heavy atom. The molecule has 0 N–H and O–H groups in total. The van der Waals surface area contributed by atoms with E-state index in [9.17, 15) is 14.8 Å². The summed E-state index contributed by atoms with van der Waals surface area (Å²) in [7, 11) is 0. The van der Waals surface area contributed by atoms with Crippen LogP contribution in [0.3, 0.4) is 0 Å². The number of rotatable bonds is 5. The number of carbonyl (C=O) groups excluding carboxylic acids is 2. The Morgan fingerprint density at radius 3 is 2.04 bits per heavy atom. The third-order valence-corrected chi connectivity index (χ3v) is 3.70. The van der Waals surface area contributed by atoms with Crippen LogP contribution in [0.4, 0.5) is 4.79 Å². The minimum absolute atomic E-state index is 0.0587. The lowest BCUT2D eigenvalue weighted by atomic mass is 9.80. The summed E-state index contributed by atoms with van der Waals surface area (Å²) in [5.41, 5.74) is -0.964. The molecule has 1 rings (SSSR count). The molecule has 7 nitrogen and oxygen atoms in total. The van der Waals surface area contributed by atoms with Crippen molar-refractivity contribution >= 4 is 12.1 Å². The van der Waals surface area contributed by atoms with Crippen molar-refractivity contribution in [3.05, 3.63) is 12.2 Å². The van der Waals surface area contributed by atoms with Gasteiger partial charge in [-0.05, 0) is 34.6 Å². The molecular weight excluding hydrogens is 302 g/mol. The van der Waals surface area contributed by atoms with Gasteiger partial charge in [0.05, 0.1) is 0 Å². The summed E-state index contributed by atoms with van der Waals surface area (Å²) in [6.07, 6.45) is -0.359. The largest absolute Gasteiger partial charge is 0.508 e. The van der Waals surface area contributed by atoms with Crippen LogP contribution < -0.4 is 0 Å². The maximum absolute atomic E-state index is 12.2. The average molecular weight is 328 g/mol. The van der Waals surface area contributed by atoms with E-state index in [0.29, 0.717) is 12.8 Å². The van der Waals surface area contributed by atoms with Gasteiger partial charge in [0.15, 0.2) is 0 Å². The highest BCUT2D eigenvalue weighted by Gasteiger charge is 2.47. The number of carbonyl (C=O) groups is 2. The second-order valence-corrected chi connectivity index (χ2v) is 7.08. The van der Waals surface area contributed by atoms with E-state index in [1.165, 1.54) is 6.92 Å². The number of ether oxygens (including phenoxy) is 3. The topological polar surface area (TPSA) is 85.0 Å². The highest BCUT2D eigenvalue weighted by atomic mass is 16.7. The summed E-state index contributed by atoms with van der Waals surface area (Å²) >= 11 is 0. The van der Waals surface area contributed by atoms with Gasteiger partial charge in [-0.3, -0.25) is 0 Å². The lowest BCUT2D eigenvalue weighted by Crippen LogP contribution is -2.60. The molecule has 0 spiro atoms. The maximum atomic E-state index is 12.2. The number of hydrogen-bond acceptors (Lipinski definition) is 6. The van der Waals surface area contributed by atoms with E-state index in [-0.39, 0.29) is 18.8 Å². The molecule has 0 aromatic heterocycles. The van der Waals surface area contributed by atoms with Crippen LogP contribution in [0.5, 0.6) is 0 Å². The molecule has 0 amide bonds. The number of nitrogens with zero attached hydrogens (tertiary/aromatic N) is 1. The zero-order valence-corrected chi connectivity index (χ0v) is 14.5. The van der Waals surface area contributed by atoms with Gasteiger partial charge in [0.2, 0.25) is 0 Å². The van der Waals surface area contributed by atoms with Crippen LogP contribution >= 0.6 is 0 Å². The van der Waals surface area contributed by atoms with Gasteiger partial charge in [0, 0.05) is 29.5 Å². The molecular formula is C16H26NO6. The third-order valence-electron chi connectivity index (χ3n) is 3.70. The molecule has 1 saturated heterocycles. The molecule has 1 aliphatic rings. The summed E-state index contributed by atoms with van der Waals surface area (Å²) in [6, 6.07) is 0. The second-order valence-electron chi connectivity index (χ2n) is 7.08. The van der Waals surface area contributed by atoms with Gasteiger partial charge in [-0.2, -0.15) is 0 Å². The molecule has 0 bridgehead atoms. The molecule has 1 fully saturated rings. The Bertz CT molecular complexity index is 453. The third kappa shape index (κ3) is 5.51. The summed E-state index contributed by atoms with van der Waals surface area (Å²) < 4.78 is 15.0. The fraction of sp³-hybridized carbons (Fsp3) is 0.750. The molecule has 23 heavy (non-hydrogen) atoms. The van der Waals surface area contributed by atoms with Crippen molar-refractivity contribution in [1.29, 1.82) is 0 Å². The molecule has 1 aliphatic heterocycles. The summed E-state index contributed by atoms with van der Waals surface area (Å²) in [5.74, 6) is -0.534. The fourth-order valence-corrected chi connectivity index (χ4v) is 2.81. The Kier molecular flexibility index (Phi) is 6.18. The second kappa shape index (κ2) is 7.31. The first-order chi connectivity index (χ1) is 10.5. The molecule has 0 saturated carbocycles. The van der Waals surface area contributed by atoms with E-state index in [4.69, 9.17) is 14.2 Å². The predicted octanol–water partition coefficient (Wildman–Crippen LogP) is 2.63. The molecule has 131 valence electrons. The molecule has 0 aromatic carbocycles. The molecule has 1 radical (unpaired) electrons. The normalized spacial score (nSPS) is 20.6. The minimum atomic E-state index is -0.827. The van der Waals surface area contributed by atoms with Gasteiger partial charge in [-0.15, -0.1) is 10.3 Å². The number of piperidine rings is 1. The van der Waals surface area contributed by atoms with Crippen LogP contribution in [-0.4, -0.2) is 47.6 Å². The molecule has 0 atom stereocenters. The smallest absolute Gasteiger partial charge is 0.459 e. The van der Waals surface area contributed by atoms with Gasteiger partial charge in [-0.1, -0.05) is 6.58 Å². The quantitative estimate of drug-likeness (QED) is 0.438. The standard InChI is InChI=1S/C16H26NO6/c1-11(2)13(18)21-7-8-22-14(19)23-12-9-15(3,4)17(20)16(5,6)10-12/h12H,1,7-10H2,2-6H3. The van der Waals surface area contributed by atoms with E-state index in [2.05, 4.69) is 6.58 Å². The van der Waals surface area contributed by atoms with Gasteiger partial charge in [0.1, 0.15) is 19.3 Å². The first-order valence-corrected chi connectivity index (χ1v) is 7.59. The molecule has 0 unspecified atom stereocenters. The molecule has 7 heteroatoms. The molecule has 1 heterocycles. The Labute approximate surface area is 137 Å². The van der Waals surface area contributed by atoms with Gasteiger partial charge >= 0.3 is 12.1 Å². The van der Waals surface area contributed by atoms with Crippen LogP contribution in [0.1, 0.15) is 47.5 Å². The van der Waals surface area contributed by atoms with Crippen molar-refractivity contribution in [2.75, 3.05) is 13.2 Å². The summed E-state index contributed by atoms with van der Waals surface area (Å²) in [4.78, 5) is 22.8. The Balaban J connectivity index is 2.40. The van der Waals surface area contributed by atoms with E-state index in [0.717, 1.165) is 5.06 Å². The van der Waals surface area contributed by atoms with Crippen molar-refractivity contribution in [2.24, 2.45) is 0 Å². The van der Waals surface area contributed by atoms with Crippen molar-refractivity contribution < 1.29 is 29.0 Å². The number of esters is 1. The van der Waals surface area contributed by atoms with Crippen LogP contribution in [0, 0.1) is 0 Å². The number of hydrogen-bond donors (Lipinski definition) is 0. The predicted molar refractivity (Wildman–Crippen MR) is 81.9 cm³/mol. The van der Waals surface area contributed by atoms with Crippen LogP contribution in [0.15, 0.2) is 12.2 Å². The highest BCUT2D eigenvalue weighted by Crippen LogP contribution is 2.38. The summed E-state index contributed by atoms with van der Waals surface area (Å²) in [5, 5.41) is 13.3. The lowest BCUT2D eigenvalue weighted by Gasteiger charge is -2.49. The fourth-order valence-electron chi connectivity index (χ4n) is 2.81. The lowest BCUT2D eigenvalue weighted by molar-refractivity contribution is -0.298. The van der Waals surface area contributed by atoms with Crippen LogP contribution in [0.2, 0.25) is 0 Å². The maximum Gasteiger partial charge on any atom is 0.508 e. The SMILES string of the molecule is C=C(C)C(=O)OCCOC(=O)OC1CC(C)(C)N([O])C(C)(C)C1. The minimum Gasteiger partial charge on any atom is -0.459 e. The first-order valence-electron chi connectivity index (χ1n) is 7.59. The first kappa shape index (κ1) is 19.4. The molecule has 0 aromatic rings. The van der Waals surface area contributed by atoms with Gasteiger partial charge in [0.25, 0.3) is 0 Å². The van der Waals surface area contributed by atoms with Crippen molar-refractivity contribution in [3.8, 4) is 0 Å². The van der Waals surface area contributed by atoms with Crippen molar-refractivity contribution in [2.45, 2.75) is 64.6 Å². The van der Waals surface area contributed by atoms with E-state index < -0.39 is 29.3 Å². The van der Waals surface area contributed by atoms with E-state index in [1.54, 1.807) is 0 Å². The zero-order valence-electron chi connectivity index (χ0n) is 14.5. The van der Waals surface area contributed by atoms with E-state index >= 15 is 0 Å². The van der Waals surface area contributed by atoms with Crippen molar-refractivity contribution in [1.82, 2.24) is 5.06 Å². The van der Waals surface area contributed by atoms with Gasteiger partial charge < -0.3 is 14.2 Å². The zero-order chi connectivity index (χ0) is 17.8. The number of hydroxylamine groups is 2. The van der Waals surface area contributed by atoms with Crippen molar-refractivity contribution in [3.63, 3.8) is 0 Å². The average Bonchev–Trinajstić information content (AvgIpc) is 2.39. The highest BCUT2D eigenvalue weighted by molar-refractivity contribution is 5.86. The van der Waals surface area contributed by atoms with E-state index in [1.807, 2.05) is 27.7 Å².